The fourth-order valence-corrected chi connectivity index (χ4v) is 3.33. The fourth-order valence-electron chi connectivity index (χ4n) is 3.33. The molecule has 1 amide bonds. The third-order valence-electron chi connectivity index (χ3n) is 4.78. The molecule has 0 saturated carbocycles. The summed E-state index contributed by atoms with van der Waals surface area (Å²) < 4.78 is 5.88. The summed E-state index contributed by atoms with van der Waals surface area (Å²) in [4.78, 5) is 14.6. The number of amides is 1. The van der Waals surface area contributed by atoms with Gasteiger partial charge in [-0.2, -0.15) is 5.26 Å². The van der Waals surface area contributed by atoms with Crippen molar-refractivity contribution in [2.24, 2.45) is 0 Å². The van der Waals surface area contributed by atoms with Crippen LogP contribution in [0.3, 0.4) is 0 Å². The molecular formula is C21H18N4O2. The third-order valence-corrected chi connectivity index (χ3v) is 4.78. The maximum absolute atomic E-state index is 12.8. The first kappa shape index (κ1) is 17.0. The molecule has 27 heavy (non-hydrogen) atoms. The van der Waals surface area contributed by atoms with E-state index in [4.69, 9.17) is 9.68 Å². The van der Waals surface area contributed by atoms with Crippen molar-refractivity contribution in [1.82, 2.24) is 15.1 Å². The summed E-state index contributed by atoms with van der Waals surface area (Å²) in [7, 11) is 0. The maximum atomic E-state index is 12.8. The largest absolute Gasteiger partial charge is 0.420 e. The van der Waals surface area contributed by atoms with Crippen molar-refractivity contribution < 1.29 is 9.21 Å². The summed E-state index contributed by atoms with van der Waals surface area (Å²) in [5, 5.41) is 17.3. The SMILES string of the molecule is N#Cc1ccc(C(=O)N2CCC[C@H](c3nnc(-c4ccccc4)o3)C2)cc1. The van der Waals surface area contributed by atoms with Crippen LogP contribution >= 0.6 is 0 Å². The van der Waals surface area contributed by atoms with E-state index in [0.29, 0.717) is 36.0 Å². The van der Waals surface area contributed by atoms with Gasteiger partial charge in [0.15, 0.2) is 0 Å². The predicted octanol–water partition coefficient (Wildman–Crippen LogP) is 3.63. The average molecular weight is 358 g/mol. The molecule has 1 aliphatic rings. The van der Waals surface area contributed by atoms with Crippen molar-refractivity contribution in [2.75, 3.05) is 13.1 Å². The lowest BCUT2D eigenvalue weighted by Crippen LogP contribution is -2.39. The van der Waals surface area contributed by atoms with Gasteiger partial charge in [0.2, 0.25) is 11.8 Å². The van der Waals surface area contributed by atoms with Gasteiger partial charge in [-0.3, -0.25) is 4.79 Å². The second-order valence-electron chi connectivity index (χ2n) is 6.59. The molecule has 2 heterocycles. The van der Waals surface area contributed by atoms with Crippen molar-refractivity contribution in [3.05, 3.63) is 71.6 Å². The van der Waals surface area contributed by atoms with E-state index in [0.717, 1.165) is 18.4 Å². The first-order valence-corrected chi connectivity index (χ1v) is 8.93. The average Bonchev–Trinajstić information content (AvgIpc) is 3.24. The van der Waals surface area contributed by atoms with Gasteiger partial charge in [0.25, 0.3) is 5.91 Å². The second-order valence-corrected chi connectivity index (χ2v) is 6.59. The van der Waals surface area contributed by atoms with Crippen LogP contribution in [-0.2, 0) is 0 Å². The molecule has 4 rings (SSSR count). The van der Waals surface area contributed by atoms with Crippen LogP contribution in [0, 0.1) is 11.3 Å². The number of benzene rings is 2. The van der Waals surface area contributed by atoms with E-state index in [-0.39, 0.29) is 11.8 Å². The summed E-state index contributed by atoms with van der Waals surface area (Å²) in [6, 6.07) is 18.4. The Morgan fingerprint density at radius 3 is 2.63 bits per heavy atom. The topological polar surface area (TPSA) is 83.0 Å². The van der Waals surface area contributed by atoms with Crippen molar-refractivity contribution in [3.8, 4) is 17.5 Å². The van der Waals surface area contributed by atoms with Gasteiger partial charge < -0.3 is 9.32 Å². The van der Waals surface area contributed by atoms with Gasteiger partial charge in [0, 0.05) is 24.2 Å². The zero-order valence-electron chi connectivity index (χ0n) is 14.7. The highest BCUT2D eigenvalue weighted by Crippen LogP contribution is 2.29. The summed E-state index contributed by atoms with van der Waals surface area (Å²) in [6.45, 7) is 1.25. The molecule has 0 N–H and O–H groups in total. The maximum Gasteiger partial charge on any atom is 0.253 e. The van der Waals surface area contributed by atoms with E-state index in [9.17, 15) is 4.79 Å². The standard InChI is InChI=1S/C21H18N4O2/c22-13-15-8-10-17(11-9-15)21(26)25-12-4-7-18(14-25)20-24-23-19(27-20)16-5-2-1-3-6-16/h1-3,5-6,8-11,18H,4,7,12,14H2/t18-/m0/s1. The molecule has 1 atom stereocenters. The Labute approximate surface area is 157 Å². The first-order chi connectivity index (χ1) is 13.2. The van der Waals surface area contributed by atoms with Crippen LogP contribution < -0.4 is 0 Å². The lowest BCUT2D eigenvalue weighted by molar-refractivity contribution is 0.0698. The molecule has 6 heteroatoms. The number of nitriles is 1. The lowest BCUT2D eigenvalue weighted by atomic mass is 9.97. The van der Waals surface area contributed by atoms with E-state index in [1.54, 1.807) is 24.3 Å². The van der Waals surface area contributed by atoms with Gasteiger partial charge in [0.1, 0.15) is 0 Å². The minimum Gasteiger partial charge on any atom is -0.420 e. The summed E-state index contributed by atoms with van der Waals surface area (Å²) in [6.07, 6.45) is 1.79. The lowest BCUT2D eigenvalue weighted by Gasteiger charge is -2.31. The van der Waals surface area contributed by atoms with Crippen LogP contribution in [0.5, 0.6) is 0 Å². The van der Waals surface area contributed by atoms with Crippen molar-refractivity contribution in [1.29, 1.82) is 5.26 Å². The Morgan fingerprint density at radius 2 is 1.89 bits per heavy atom. The van der Waals surface area contributed by atoms with Crippen LogP contribution in [0.2, 0.25) is 0 Å². The van der Waals surface area contributed by atoms with E-state index in [1.165, 1.54) is 0 Å². The van der Waals surface area contributed by atoms with E-state index in [1.807, 2.05) is 35.2 Å². The molecule has 0 unspecified atom stereocenters. The highest BCUT2D eigenvalue weighted by molar-refractivity contribution is 5.94. The number of hydrogen-bond donors (Lipinski definition) is 0. The molecule has 1 fully saturated rings. The van der Waals surface area contributed by atoms with E-state index < -0.39 is 0 Å². The quantitative estimate of drug-likeness (QED) is 0.714. The monoisotopic (exact) mass is 358 g/mol. The van der Waals surface area contributed by atoms with Crippen molar-refractivity contribution in [3.63, 3.8) is 0 Å². The molecule has 0 bridgehead atoms. The minimum atomic E-state index is -0.0352. The number of aromatic nitrogens is 2. The zero-order valence-corrected chi connectivity index (χ0v) is 14.7. The Hall–Kier alpha value is -3.46. The molecule has 6 nitrogen and oxygen atoms in total. The molecule has 1 saturated heterocycles. The fraction of sp³-hybridized carbons (Fsp3) is 0.238. The molecule has 0 aliphatic carbocycles. The van der Waals surface area contributed by atoms with E-state index >= 15 is 0 Å². The Bertz CT molecular complexity index is 973. The molecule has 3 aromatic rings. The van der Waals surface area contributed by atoms with Crippen LogP contribution in [0.25, 0.3) is 11.5 Å². The third kappa shape index (κ3) is 3.58. The zero-order chi connectivity index (χ0) is 18.6. The van der Waals surface area contributed by atoms with Crippen LogP contribution in [0.1, 0.15) is 40.6 Å². The van der Waals surface area contributed by atoms with E-state index in [2.05, 4.69) is 16.3 Å². The van der Waals surface area contributed by atoms with Crippen LogP contribution in [0.4, 0.5) is 0 Å². The normalized spacial score (nSPS) is 16.7. The summed E-state index contributed by atoms with van der Waals surface area (Å²) in [5.41, 5.74) is 2.02. The molecule has 134 valence electrons. The van der Waals surface area contributed by atoms with Crippen LogP contribution in [-0.4, -0.2) is 34.1 Å². The summed E-state index contributed by atoms with van der Waals surface area (Å²) in [5.74, 6) is 1.07. The first-order valence-electron chi connectivity index (χ1n) is 8.93. The number of likely N-dealkylation sites (tertiary alicyclic amines) is 1. The van der Waals surface area contributed by atoms with Gasteiger partial charge in [-0.15, -0.1) is 10.2 Å². The molecule has 0 spiro atoms. The van der Waals surface area contributed by atoms with Crippen LogP contribution in [0.15, 0.2) is 59.0 Å². The molecular weight excluding hydrogens is 340 g/mol. The van der Waals surface area contributed by atoms with Crippen molar-refractivity contribution in [2.45, 2.75) is 18.8 Å². The summed E-state index contributed by atoms with van der Waals surface area (Å²) >= 11 is 0. The van der Waals surface area contributed by atoms with Gasteiger partial charge in [-0.05, 0) is 49.2 Å². The predicted molar refractivity (Wildman–Crippen MR) is 98.8 cm³/mol. The number of carbonyl (C=O) groups is 1. The molecule has 1 aliphatic heterocycles. The Morgan fingerprint density at radius 1 is 1.11 bits per heavy atom. The number of piperidine rings is 1. The van der Waals surface area contributed by atoms with Gasteiger partial charge >= 0.3 is 0 Å². The van der Waals surface area contributed by atoms with Gasteiger partial charge in [-0.25, -0.2) is 0 Å². The number of carbonyl (C=O) groups excluding carboxylic acids is 1. The number of rotatable bonds is 3. The van der Waals surface area contributed by atoms with Crippen molar-refractivity contribution >= 4 is 5.91 Å². The smallest absolute Gasteiger partial charge is 0.253 e. The number of nitrogens with zero attached hydrogens (tertiary/aromatic N) is 4. The Balaban J connectivity index is 1.49. The molecule has 2 aromatic carbocycles. The Kier molecular flexibility index (Phi) is 4.67. The highest BCUT2D eigenvalue weighted by Gasteiger charge is 2.29. The molecule has 1 aromatic heterocycles. The minimum absolute atomic E-state index is 0.0334. The van der Waals surface area contributed by atoms with Gasteiger partial charge in [-0.1, -0.05) is 18.2 Å². The number of hydrogen-bond acceptors (Lipinski definition) is 5. The molecule has 0 radical (unpaired) electrons. The van der Waals surface area contributed by atoms with Gasteiger partial charge in [0.05, 0.1) is 17.6 Å². The second kappa shape index (κ2) is 7.42. The highest BCUT2D eigenvalue weighted by atomic mass is 16.4.